The average Bonchev–Trinajstić information content (AvgIpc) is 3.43. The maximum Gasteiger partial charge on any atom is 0.407 e. The van der Waals surface area contributed by atoms with E-state index in [1.165, 1.54) is 6.07 Å². The minimum absolute atomic E-state index is 0.0232. The topological polar surface area (TPSA) is 145 Å². The first-order valence-corrected chi connectivity index (χ1v) is 16.0. The molecule has 0 radical (unpaired) electrons. The van der Waals surface area contributed by atoms with Crippen molar-refractivity contribution in [2.75, 3.05) is 38.3 Å². The van der Waals surface area contributed by atoms with Gasteiger partial charge in [-0.1, -0.05) is 13.8 Å². The Labute approximate surface area is 245 Å². The monoisotopic (exact) mass is 605 g/mol. The van der Waals surface area contributed by atoms with Gasteiger partial charge in [0.15, 0.2) is 9.84 Å². The van der Waals surface area contributed by atoms with E-state index >= 15 is 4.39 Å². The second-order valence-corrected chi connectivity index (χ2v) is 14.5. The Morgan fingerprint density at radius 3 is 2.55 bits per heavy atom. The largest absolute Gasteiger partial charge is 0.446 e. The predicted octanol–water partition coefficient (Wildman–Crippen LogP) is 3.11. The van der Waals surface area contributed by atoms with Crippen LogP contribution in [0.15, 0.2) is 17.0 Å². The predicted molar refractivity (Wildman–Crippen MR) is 155 cm³/mol. The summed E-state index contributed by atoms with van der Waals surface area (Å²) in [6.45, 7) is 5.39. The number of nitrogens with two attached hydrogens (primary N) is 1. The molecule has 4 N–H and O–H groups in total. The molecule has 1 aromatic carbocycles. The molecule has 0 spiro atoms. The Morgan fingerprint density at radius 1 is 1.17 bits per heavy atom. The van der Waals surface area contributed by atoms with Crippen molar-refractivity contribution in [2.24, 2.45) is 11.1 Å². The van der Waals surface area contributed by atoms with Gasteiger partial charge in [0, 0.05) is 30.4 Å². The smallest absolute Gasteiger partial charge is 0.407 e. The Balaban J connectivity index is 1.40. The number of halogens is 1. The van der Waals surface area contributed by atoms with Gasteiger partial charge in [-0.2, -0.15) is 0 Å². The summed E-state index contributed by atoms with van der Waals surface area (Å²) in [4.78, 5) is 26.7. The summed E-state index contributed by atoms with van der Waals surface area (Å²) in [6.07, 6.45) is 2.29. The van der Waals surface area contributed by atoms with Crippen LogP contribution >= 0.6 is 0 Å². The van der Waals surface area contributed by atoms with Crippen LogP contribution in [0, 0.1) is 11.2 Å². The van der Waals surface area contributed by atoms with Gasteiger partial charge in [0.1, 0.15) is 11.9 Å². The molecule has 1 fully saturated rings. The molecule has 5 rings (SSSR count). The molecule has 2 aromatic rings. The Morgan fingerprint density at radius 2 is 1.88 bits per heavy atom. The number of benzene rings is 1. The van der Waals surface area contributed by atoms with Crippen LogP contribution < -0.4 is 16.4 Å². The Bertz CT molecular complexity index is 1490. The molecule has 1 aromatic heterocycles. The molecule has 2 aliphatic heterocycles. The number of alkyl carbamates (subject to hydrolysis) is 1. The summed E-state index contributed by atoms with van der Waals surface area (Å²) < 4.78 is 55.3. The fourth-order valence-corrected chi connectivity index (χ4v) is 8.74. The van der Waals surface area contributed by atoms with Gasteiger partial charge in [-0.15, -0.1) is 0 Å². The molecule has 3 aliphatic rings. The van der Waals surface area contributed by atoms with Crippen molar-refractivity contribution >= 4 is 27.5 Å². The van der Waals surface area contributed by atoms with Gasteiger partial charge in [-0.25, -0.2) is 17.6 Å². The second kappa shape index (κ2) is 11.5. The summed E-state index contributed by atoms with van der Waals surface area (Å²) in [5.74, 6) is -1.67. The third kappa shape index (κ3) is 6.13. The number of nitrogens with one attached hydrogen (secondary N) is 2. The highest BCUT2D eigenvalue weighted by molar-refractivity contribution is 7.91. The first-order chi connectivity index (χ1) is 19.8. The van der Waals surface area contributed by atoms with E-state index in [1.54, 1.807) is 10.6 Å². The van der Waals surface area contributed by atoms with Crippen molar-refractivity contribution in [1.82, 2.24) is 14.8 Å². The lowest BCUT2D eigenvalue weighted by atomic mass is 9.89. The van der Waals surface area contributed by atoms with Crippen LogP contribution in [0.25, 0.3) is 5.69 Å². The number of hydrogen-bond donors (Lipinski definition) is 3. The van der Waals surface area contributed by atoms with Crippen LogP contribution in [-0.2, 0) is 38.9 Å². The molecule has 0 saturated heterocycles. The van der Waals surface area contributed by atoms with Crippen LogP contribution in [0.1, 0.15) is 66.8 Å². The first-order valence-electron chi connectivity index (χ1n) is 14.3. The number of amides is 2. The van der Waals surface area contributed by atoms with Crippen LogP contribution in [-0.4, -0.2) is 75.0 Å². The van der Waals surface area contributed by atoms with Crippen molar-refractivity contribution in [3.63, 3.8) is 0 Å². The van der Waals surface area contributed by atoms with Crippen molar-refractivity contribution < 1.29 is 31.9 Å². The summed E-state index contributed by atoms with van der Waals surface area (Å²) in [6, 6.07) is 2.79. The summed E-state index contributed by atoms with van der Waals surface area (Å²) in [5, 5.41) is 6.06. The number of sulfone groups is 1. The number of primary amides is 1. The van der Waals surface area contributed by atoms with Crippen LogP contribution in [0.3, 0.4) is 0 Å². The molecule has 42 heavy (non-hydrogen) atoms. The number of anilines is 1. The standard InChI is InChI=1S/C29H40FN5O6S/c1-29(2)13-23-26(42(38,39)16-29)20-14-40-15-24(20)35(23)18-11-21(30)25(27(31)36)22(12-18)33-17-5-7-19(8-6-17)41-28(37)32-9-10-34(3)4/h11-12,17,19,33H,5-10,13-16H2,1-4H3,(H2,31,36)(H,32,37). The van der Waals surface area contributed by atoms with Crippen LogP contribution in [0.2, 0.25) is 0 Å². The second-order valence-electron chi connectivity index (χ2n) is 12.6. The maximum absolute atomic E-state index is 15.6. The average molecular weight is 606 g/mol. The number of rotatable bonds is 8. The zero-order valence-electron chi connectivity index (χ0n) is 24.6. The zero-order valence-corrected chi connectivity index (χ0v) is 25.4. The lowest BCUT2D eigenvalue weighted by molar-refractivity contribution is 0.0728. The SMILES string of the molecule is CN(C)CCNC(=O)OC1CCC(Nc2cc(-n3c4c(c5c3CC(C)(C)CS5(=O)=O)COC4)cc(F)c2C(N)=O)CC1. The van der Waals surface area contributed by atoms with E-state index in [0.29, 0.717) is 67.8 Å². The van der Waals surface area contributed by atoms with E-state index in [-0.39, 0.29) is 47.3 Å². The van der Waals surface area contributed by atoms with Gasteiger partial charge in [-0.3, -0.25) is 4.79 Å². The molecular weight excluding hydrogens is 565 g/mol. The molecule has 0 bridgehead atoms. The van der Waals surface area contributed by atoms with Gasteiger partial charge >= 0.3 is 6.09 Å². The fourth-order valence-electron chi connectivity index (χ4n) is 6.39. The minimum Gasteiger partial charge on any atom is -0.446 e. The van der Waals surface area contributed by atoms with Crippen LogP contribution in [0.4, 0.5) is 14.9 Å². The molecule has 0 atom stereocenters. The number of carbonyl (C=O) groups is 2. The number of aromatic nitrogens is 1. The van der Waals surface area contributed by atoms with Gasteiger partial charge in [-0.05, 0) is 63.7 Å². The lowest BCUT2D eigenvalue weighted by Crippen LogP contribution is -2.37. The summed E-state index contributed by atoms with van der Waals surface area (Å²) in [7, 11) is 0.266. The Kier molecular flexibility index (Phi) is 8.29. The molecule has 11 nitrogen and oxygen atoms in total. The number of fused-ring (bicyclic) bond motifs is 3. The van der Waals surface area contributed by atoms with Crippen molar-refractivity contribution in [2.45, 2.75) is 76.2 Å². The number of carbonyl (C=O) groups excluding carboxylic acids is 2. The van der Waals surface area contributed by atoms with E-state index in [0.717, 1.165) is 0 Å². The van der Waals surface area contributed by atoms with Crippen LogP contribution in [0.5, 0.6) is 0 Å². The molecule has 2 amide bonds. The van der Waals surface area contributed by atoms with E-state index in [1.807, 2.05) is 32.8 Å². The van der Waals surface area contributed by atoms with Gasteiger partial charge in [0.05, 0.1) is 46.5 Å². The molecule has 1 aliphatic carbocycles. The number of hydrogen-bond acceptors (Lipinski definition) is 8. The first kappa shape index (κ1) is 30.3. The Hall–Kier alpha value is -3.16. The summed E-state index contributed by atoms with van der Waals surface area (Å²) in [5.41, 5.74) is 7.41. The third-order valence-corrected chi connectivity index (χ3v) is 10.4. The zero-order chi connectivity index (χ0) is 30.4. The molecule has 1 saturated carbocycles. The van der Waals surface area contributed by atoms with Gasteiger partial charge in [0.25, 0.3) is 5.91 Å². The highest BCUT2D eigenvalue weighted by Crippen LogP contribution is 2.44. The normalized spacial score (nSPS) is 22.3. The molecule has 0 unspecified atom stereocenters. The summed E-state index contributed by atoms with van der Waals surface area (Å²) >= 11 is 0. The lowest BCUT2D eigenvalue weighted by Gasteiger charge is -2.31. The van der Waals surface area contributed by atoms with Crippen molar-refractivity contribution in [1.29, 1.82) is 0 Å². The molecule has 230 valence electrons. The number of likely N-dealkylation sites (N-methyl/N-ethyl adjacent to an activating group) is 1. The van der Waals surface area contributed by atoms with Crippen molar-refractivity contribution in [3.05, 3.63) is 40.5 Å². The highest BCUT2D eigenvalue weighted by Gasteiger charge is 2.43. The third-order valence-electron chi connectivity index (χ3n) is 8.16. The highest BCUT2D eigenvalue weighted by atomic mass is 32.2. The van der Waals surface area contributed by atoms with E-state index in [9.17, 15) is 18.0 Å². The van der Waals surface area contributed by atoms with Crippen molar-refractivity contribution in [3.8, 4) is 5.69 Å². The maximum atomic E-state index is 15.6. The fraction of sp³-hybridized carbons (Fsp3) is 0.586. The van der Waals surface area contributed by atoms with E-state index < -0.39 is 33.1 Å². The molecule has 13 heteroatoms. The van der Waals surface area contributed by atoms with Gasteiger partial charge in [0.2, 0.25) is 0 Å². The minimum atomic E-state index is -3.58. The number of nitrogens with zero attached hydrogens (tertiary/aromatic N) is 2. The van der Waals surface area contributed by atoms with E-state index in [4.69, 9.17) is 15.2 Å². The van der Waals surface area contributed by atoms with E-state index in [2.05, 4.69) is 10.6 Å². The quantitative estimate of drug-likeness (QED) is 0.416. The number of ether oxygens (including phenoxy) is 2. The molecular formula is C29H40FN5O6S. The molecule has 3 heterocycles. The van der Waals surface area contributed by atoms with Gasteiger partial charge < -0.3 is 35.3 Å².